The minimum Gasteiger partial charge on any atom is -0.481 e. The number of carboxylic acid groups (broad SMARTS) is 1. The van der Waals surface area contributed by atoms with E-state index in [4.69, 9.17) is 5.11 Å². The van der Waals surface area contributed by atoms with E-state index in [0.29, 0.717) is 12.8 Å². The first-order valence-corrected chi connectivity index (χ1v) is 5.58. The predicted octanol–water partition coefficient (Wildman–Crippen LogP) is 0.165. The number of hydrogen-bond acceptors (Lipinski definition) is 4. The van der Waals surface area contributed by atoms with Crippen molar-refractivity contribution in [3.63, 3.8) is 0 Å². The molecule has 96 valence electrons. The van der Waals surface area contributed by atoms with Gasteiger partial charge in [-0.15, -0.1) is 0 Å². The fourth-order valence-corrected chi connectivity index (χ4v) is 2.13. The molecule has 0 heterocycles. The van der Waals surface area contributed by atoms with Gasteiger partial charge in [0.2, 0.25) is 5.91 Å². The molecule has 1 aliphatic carbocycles. The molecule has 1 fully saturated rings. The Morgan fingerprint density at radius 2 is 1.88 bits per heavy atom. The summed E-state index contributed by atoms with van der Waals surface area (Å²) in [4.78, 5) is 33.9. The van der Waals surface area contributed by atoms with Crippen LogP contribution in [0.2, 0.25) is 0 Å². The van der Waals surface area contributed by atoms with Gasteiger partial charge in [-0.1, -0.05) is 6.42 Å². The molecule has 0 saturated heterocycles. The highest BCUT2D eigenvalue weighted by molar-refractivity contribution is 5.88. The molecule has 1 saturated carbocycles. The van der Waals surface area contributed by atoms with E-state index in [1.54, 1.807) is 0 Å². The minimum absolute atomic E-state index is 0.382. The zero-order valence-electron chi connectivity index (χ0n) is 9.93. The number of aliphatic carboxylic acids is 1. The van der Waals surface area contributed by atoms with Gasteiger partial charge in [0.1, 0.15) is 6.04 Å². The molecular formula is C11H17NO5. The summed E-state index contributed by atoms with van der Waals surface area (Å²) in [5, 5.41) is 11.4. The van der Waals surface area contributed by atoms with Crippen molar-refractivity contribution in [3.8, 4) is 0 Å². The fourth-order valence-electron chi connectivity index (χ4n) is 2.13. The summed E-state index contributed by atoms with van der Waals surface area (Å²) in [6.07, 6.45) is 1.79. The number of amides is 1. The maximum atomic E-state index is 11.8. The zero-order valence-corrected chi connectivity index (χ0v) is 9.93. The van der Waals surface area contributed by atoms with Crippen LogP contribution >= 0.6 is 0 Å². The Labute approximate surface area is 99.3 Å². The summed E-state index contributed by atoms with van der Waals surface area (Å²) in [5.74, 6) is -3.05. The van der Waals surface area contributed by atoms with E-state index in [0.717, 1.165) is 6.42 Å². The molecule has 0 spiro atoms. The first kappa shape index (κ1) is 13.5. The minimum atomic E-state index is -0.951. The van der Waals surface area contributed by atoms with E-state index in [1.807, 2.05) is 0 Å². The maximum Gasteiger partial charge on any atom is 0.328 e. The topological polar surface area (TPSA) is 92.7 Å². The van der Waals surface area contributed by atoms with Gasteiger partial charge >= 0.3 is 11.9 Å². The Hall–Kier alpha value is -1.59. The lowest BCUT2D eigenvalue weighted by Crippen LogP contribution is -2.44. The Morgan fingerprint density at radius 1 is 1.29 bits per heavy atom. The molecule has 0 aliphatic heterocycles. The third-order valence-electron chi connectivity index (χ3n) is 3.08. The van der Waals surface area contributed by atoms with E-state index in [2.05, 4.69) is 10.1 Å². The van der Waals surface area contributed by atoms with Crippen LogP contribution in [-0.2, 0) is 19.1 Å². The average Bonchev–Trinajstić information content (AvgIpc) is 2.76. The quantitative estimate of drug-likeness (QED) is 0.686. The van der Waals surface area contributed by atoms with E-state index >= 15 is 0 Å². The summed E-state index contributed by atoms with van der Waals surface area (Å²) >= 11 is 0. The standard InChI is InChI=1S/C11H17NO5/c1-6(11(16)17-2)12-9(13)7-4-3-5-8(7)10(14)15/h6-8H,3-5H2,1-2H3,(H,12,13)(H,14,15)/t6?,7-,8+/m1/s1. The molecule has 0 radical (unpaired) electrons. The normalized spacial score (nSPS) is 25.1. The number of nitrogens with one attached hydrogen (secondary N) is 1. The Morgan fingerprint density at radius 3 is 2.41 bits per heavy atom. The van der Waals surface area contributed by atoms with Crippen LogP contribution in [0.25, 0.3) is 0 Å². The Balaban J connectivity index is 2.58. The van der Waals surface area contributed by atoms with Gasteiger partial charge < -0.3 is 15.2 Å². The molecule has 0 bridgehead atoms. The number of carboxylic acids is 1. The lowest BCUT2D eigenvalue weighted by molar-refractivity contribution is -0.147. The van der Waals surface area contributed by atoms with Crippen molar-refractivity contribution in [1.82, 2.24) is 5.32 Å². The average molecular weight is 243 g/mol. The van der Waals surface area contributed by atoms with Crippen molar-refractivity contribution in [2.75, 3.05) is 7.11 Å². The van der Waals surface area contributed by atoms with Crippen molar-refractivity contribution in [2.45, 2.75) is 32.2 Å². The molecule has 1 aliphatic rings. The number of carbonyl (C=O) groups is 3. The number of hydrogen-bond donors (Lipinski definition) is 2. The van der Waals surface area contributed by atoms with Gasteiger partial charge in [0.25, 0.3) is 0 Å². The van der Waals surface area contributed by atoms with Crippen molar-refractivity contribution >= 4 is 17.8 Å². The Bertz CT molecular complexity index is 328. The monoisotopic (exact) mass is 243 g/mol. The van der Waals surface area contributed by atoms with Crippen molar-refractivity contribution < 1.29 is 24.2 Å². The molecule has 0 aromatic carbocycles. The number of esters is 1. The van der Waals surface area contributed by atoms with Gasteiger partial charge in [-0.25, -0.2) is 4.79 Å². The van der Waals surface area contributed by atoms with E-state index in [1.165, 1.54) is 14.0 Å². The first-order valence-electron chi connectivity index (χ1n) is 5.58. The third-order valence-corrected chi connectivity index (χ3v) is 3.08. The van der Waals surface area contributed by atoms with Crippen LogP contribution in [0.3, 0.4) is 0 Å². The van der Waals surface area contributed by atoms with Gasteiger partial charge in [-0.05, 0) is 19.8 Å². The smallest absolute Gasteiger partial charge is 0.328 e. The lowest BCUT2D eigenvalue weighted by atomic mass is 9.95. The van der Waals surface area contributed by atoms with Crippen molar-refractivity contribution in [3.05, 3.63) is 0 Å². The molecule has 2 N–H and O–H groups in total. The molecule has 6 nitrogen and oxygen atoms in total. The van der Waals surface area contributed by atoms with Crippen LogP contribution in [0.4, 0.5) is 0 Å². The molecule has 17 heavy (non-hydrogen) atoms. The summed E-state index contributed by atoms with van der Waals surface area (Å²) in [6, 6.07) is -0.748. The number of carbonyl (C=O) groups excluding carboxylic acids is 2. The highest BCUT2D eigenvalue weighted by Crippen LogP contribution is 2.32. The van der Waals surface area contributed by atoms with Gasteiger partial charge in [0, 0.05) is 0 Å². The second-order valence-electron chi connectivity index (χ2n) is 4.24. The third kappa shape index (κ3) is 3.18. The largest absolute Gasteiger partial charge is 0.481 e. The lowest BCUT2D eigenvalue weighted by Gasteiger charge is -2.18. The molecule has 3 atom stereocenters. The number of ether oxygens (including phenoxy) is 1. The SMILES string of the molecule is COC(=O)C(C)NC(=O)[C@@H]1CCC[C@@H]1C(=O)O. The zero-order chi connectivity index (χ0) is 13.0. The number of methoxy groups -OCH3 is 1. The summed E-state index contributed by atoms with van der Waals surface area (Å²) in [7, 11) is 1.24. The molecule has 1 unspecified atom stereocenters. The van der Waals surface area contributed by atoms with Crippen LogP contribution in [0.5, 0.6) is 0 Å². The van der Waals surface area contributed by atoms with Crippen molar-refractivity contribution in [2.24, 2.45) is 11.8 Å². The van der Waals surface area contributed by atoms with Crippen LogP contribution in [-0.4, -0.2) is 36.1 Å². The molecule has 0 aromatic rings. The van der Waals surface area contributed by atoms with Crippen LogP contribution in [0.1, 0.15) is 26.2 Å². The predicted molar refractivity (Wildman–Crippen MR) is 58.1 cm³/mol. The van der Waals surface area contributed by atoms with Gasteiger partial charge in [0.15, 0.2) is 0 Å². The highest BCUT2D eigenvalue weighted by atomic mass is 16.5. The van der Waals surface area contributed by atoms with Gasteiger partial charge in [0.05, 0.1) is 18.9 Å². The van der Waals surface area contributed by atoms with Crippen LogP contribution in [0, 0.1) is 11.8 Å². The molecular weight excluding hydrogens is 226 g/mol. The molecule has 6 heteroatoms. The summed E-state index contributed by atoms with van der Waals surface area (Å²) in [6.45, 7) is 1.51. The second kappa shape index (κ2) is 5.65. The van der Waals surface area contributed by atoms with E-state index in [-0.39, 0.29) is 5.91 Å². The van der Waals surface area contributed by atoms with Crippen LogP contribution in [0.15, 0.2) is 0 Å². The second-order valence-corrected chi connectivity index (χ2v) is 4.24. The van der Waals surface area contributed by atoms with Crippen molar-refractivity contribution in [1.29, 1.82) is 0 Å². The van der Waals surface area contributed by atoms with Gasteiger partial charge in [-0.2, -0.15) is 0 Å². The van der Waals surface area contributed by atoms with E-state index in [9.17, 15) is 14.4 Å². The molecule has 1 rings (SSSR count). The first-order chi connectivity index (χ1) is 7.97. The summed E-state index contributed by atoms with van der Waals surface area (Å²) in [5.41, 5.74) is 0. The maximum absolute atomic E-state index is 11.8. The highest BCUT2D eigenvalue weighted by Gasteiger charge is 2.38. The molecule has 0 aromatic heterocycles. The van der Waals surface area contributed by atoms with Crippen LogP contribution < -0.4 is 5.32 Å². The fraction of sp³-hybridized carbons (Fsp3) is 0.727. The summed E-state index contributed by atoms with van der Waals surface area (Å²) < 4.78 is 4.48. The Kier molecular flexibility index (Phi) is 4.48. The molecule has 1 amide bonds. The number of rotatable bonds is 4. The van der Waals surface area contributed by atoms with E-state index < -0.39 is 29.8 Å². The van der Waals surface area contributed by atoms with Gasteiger partial charge in [-0.3, -0.25) is 9.59 Å².